The number of piperidine rings is 1. The zero-order valence-corrected chi connectivity index (χ0v) is 20.1. The van der Waals surface area contributed by atoms with Gasteiger partial charge in [0.2, 0.25) is 0 Å². The number of anilines is 1. The molecule has 0 atom stereocenters. The lowest BCUT2D eigenvalue weighted by atomic mass is 10.0. The highest BCUT2D eigenvalue weighted by molar-refractivity contribution is 5.92. The van der Waals surface area contributed by atoms with E-state index in [1.54, 1.807) is 12.1 Å². The van der Waals surface area contributed by atoms with Crippen molar-refractivity contribution in [3.05, 3.63) is 84.7 Å². The number of rotatable bonds is 4. The summed E-state index contributed by atoms with van der Waals surface area (Å²) in [5.74, 6) is 0.493. The number of para-hydroxylation sites is 1. The van der Waals surface area contributed by atoms with Crippen molar-refractivity contribution in [2.45, 2.75) is 18.9 Å². The number of ether oxygens (including phenoxy) is 1. The Labute approximate surface area is 209 Å². The SMILES string of the molecule is COC(=O)c1ccc(-c2ccc3c(c2)ncn3-c2ccc3cccc(N4CCC(N)CC4)c3n2)cc1. The first-order valence-electron chi connectivity index (χ1n) is 12.2. The molecule has 0 amide bonds. The first kappa shape index (κ1) is 22.2. The molecule has 1 fully saturated rings. The van der Waals surface area contributed by atoms with E-state index in [0.717, 1.165) is 70.5 Å². The van der Waals surface area contributed by atoms with Gasteiger partial charge >= 0.3 is 5.97 Å². The molecule has 0 spiro atoms. The van der Waals surface area contributed by atoms with E-state index in [1.807, 2.05) is 29.1 Å². The number of benzene rings is 3. The normalized spacial score (nSPS) is 14.4. The first-order valence-corrected chi connectivity index (χ1v) is 12.2. The molecule has 0 aliphatic carbocycles. The maximum Gasteiger partial charge on any atom is 0.337 e. The number of methoxy groups -OCH3 is 1. The molecule has 7 nitrogen and oxygen atoms in total. The summed E-state index contributed by atoms with van der Waals surface area (Å²) in [6, 6.07) is 24.4. The van der Waals surface area contributed by atoms with Gasteiger partial charge in [-0.05, 0) is 66.4 Å². The van der Waals surface area contributed by atoms with E-state index in [0.29, 0.717) is 5.56 Å². The van der Waals surface area contributed by atoms with E-state index in [-0.39, 0.29) is 12.0 Å². The number of hydrogen-bond donors (Lipinski definition) is 1. The lowest BCUT2D eigenvalue weighted by Gasteiger charge is -2.32. The molecule has 0 bridgehead atoms. The largest absolute Gasteiger partial charge is 0.465 e. The van der Waals surface area contributed by atoms with Crippen LogP contribution >= 0.6 is 0 Å². The fourth-order valence-corrected chi connectivity index (χ4v) is 4.94. The third kappa shape index (κ3) is 3.97. The van der Waals surface area contributed by atoms with Crippen molar-refractivity contribution >= 4 is 33.6 Å². The van der Waals surface area contributed by atoms with Crippen molar-refractivity contribution in [2.75, 3.05) is 25.1 Å². The number of esters is 1. The first-order chi connectivity index (χ1) is 17.6. The molecule has 36 heavy (non-hydrogen) atoms. The van der Waals surface area contributed by atoms with E-state index in [9.17, 15) is 4.79 Å². The maximum atomic E-state index is 11.7. The Hall–Kier alpha value is -4.23. The van der Waals surface area contributed by atoms with Crippen LogP contribution in [0.15, 0.2) is 79.1 Å². The van der Waals surface area contributed by atoms with Crippen molar-refractivity contribution in [1.82, 2.24) is 14.5 Å². The molecule has 1 aliphatic rings. The van der Waals surface area contributed by atoms with Crippen molar-refractivity contribution in [3.8, 4) is 16.9 Å². The van der Waals surface area contributed by atoms with Crippen LogP contribution in [-0.2, 0) is 4.74 Å². The number of carbonyl (C=O) groups excluding carboxylic acids is 1. The van der Waals surface area contributed by atoms with Gasteiger partial charge in [0.25, 0.3) is 0 Å². The summed E-state index contributed by atoms with van der Waals surface area (Å²) in [7, 11) is 1.38. The molecule has 180 valence electrons. The van der Waals surface area contributed by atoms with Crippen molar-refractivity contribution in [2.24, 2.45) is 5.73 Å². The van der Waals surface area contributed by atoms with Crippen LogP contribution in [0.5, 0.6) is 0 Å². The van der Waals surface area contributed by atoms with Gasteiger partial charge in [0, 0.05) is 24.5 Å². The molecular formula is C29H27N5O2. The van der Waals surface area contributed by atoms with Crippen LogP contribution in [0.3, 0.4) is 0 Å². The minimum absolute atomic E-state index is 0.285. The molecule has 7 heteroatoms. The van der Waals surface area contributed by atoms with Crippen LogP contribution in [0, 0.1) is 0 Å². The summed E-state index contributed by atoms with van der Waals surface area (Å²) in [4.78, 5) is 23.9. The van der Waals surface area contributed by atoms with Gasteiger partial charge in [-0.15, -0.1) is 0 Å². The van der Waals surface area contributed by atoms with E-state index >= 15 is 0 Å². The fourth-order valence-electron chi connectivity index (χ4n) is 4.94. The summed E-state index contributed by atoms with van der Waals surface area (Å²) in [5, 5.41) is 1.12. The summed E-state index contributed by atoms with van der Waals surface area (Å²) < 4.78 is 6.82. The molecule has 3 aromatic carbocycles. The second-order valence-corrected chi connectivity index (χ2v) is 9.23. The Morgan fingerprint density at radius 2 is 1.75 bits per heavy atom. The second-order valence-electron chi connectivity index (χ2n) is 9.23. The molecule has 2 N–H and O–H groups in total. The third-order valence-corrected chi connectivity index (χ3v) is 7.00. The highest BCUT2D eigenvalue weighted by Gasteiger charge is 2.19. The average molecular weight is 478 g/mol. The molecule has 1 aliphatic heterocycles. The van der Waals surface area contributed by atoms with Gasteiger partial charge in [0.1, 0.15) is 12.1 Å². The number of pyridine rings is 1. The lowest BCUT2D eigenvalue weighted by molar-refractivity contribution is 0.0600. The molecule has 3 heterocycles. The summed E-state index contributed by atoms with van der Waals surface area (Å²) in [5.41, 5.74) is 12.7. The van der Waals surface area contributed by atoms with Crippen LogP contribution in [0.25, 0.3) is 38.9 Å². The molecule has 1 saturated heterocycles. The predicted octanol–water partition coefficient (Wildman–Crippen LogP) is 4.95. The van der Waals surface area contributed by atoms with Crippen molar-refractivity contribution in [3.63, 3.8) is 0 Å². The number of nitrogens with zero attached hydrogens (tertiary/aromatic N) is 4. The highest BCUT2D eigenvalue weighted by Crippen LogP contribution is 2.30. The Morgan fingerprint density at radius 3 is 2.53 bits per heavy atom. The molecule has 0 radical (unpaired) electrons. The fraction of sp³-hybridized carbons (Fsp3) is 0.207. The summed E-state index contributed by atoms with van der Waals surface area (Å²) in [6.45, 7) is 1.90. The Morgan fingerprint density at radius 1 is 0.972 bits per heavy atom. The minimum atomic E-state index is -0.342. The predicted molar refractivity (Wildman–Crippen MR) is 143 cm³/mol. The van der Waals surface area contributed by atoms with Gasteiger partial charge < -0.3 is 15.4 Å². The zero-order chi connectivity index (χ0) is 24.6. The standard InChI is InChI=1S/C29H27N5O2/c1-36-29(35)21-7-5-19(6-8-21)22-9-11-25-24(17-22)31-18-34(25)27-12-10-20-3-2-4-26(28(20)32-27)33-15-13-23(30)14-16-33/h2-12,17-18,23H,13-16,30H2,1H3. The molecule has 5 aromatic rings. The van der Waals surface area contributed by atoms with Gasteiger partial charge in [-0.3, -0.25) is 4.57 Å². The second kappa shape index (κ2) is 9.09. The lowest BCUT2D eigenvalue weighted by Crippen LogP contribution is -2.39. The third-order valence-electron chi connectivity index (χ3n) is 7.00. The Balaban J connectivity index is 1.35. The molecule has 2 aromatic heterocycles. The van der Waals surface area contributed by atoms with Gasteiger partial charge in [-0.25, -0.2) is 14.8 Å². The van der Waals surface area contributed by atoms with Crippen LogP contribution in [-0.4, -0.2) is 46.7 Å². The van der Waals surface area contributed by atoms with E-state index < -0.39 is 0 Å². The van der Waals surface area contributed by atoms with Crippen LogP contribution in [0.1, 0.15) is 23.2 Å². The molecule has 0 unspecified atom stereocenters. The topological polar surface area (TPSA) is 86.3 Å². The molecule has 0 saturated carbocycles. The number of fused-ring (bicyclic) bond motifs is 2. The number of nitrogens with two attached hydrogens (primary N) is 1. The van der Waals surface area contributed by atoms with E-state index in [2.05, 4.69) is 52.3 Å². The zero-order valence-electron chi connectivity index (χ0n) is 20.1. The highest BCUT2D eigenvalue weighted by atomic mass is 16.5. The van der Waals surface area contributed by atoms with Crippen molar-refractivity contribution < 1.29 is 9.53 Å². The van der Waals surface area contributed by atoms with Gasteiger partial charge in [-0.2, -0.15) is 0 Å². The van der Waals surface area contributed by atoms with Crippen LogP contribution < -0.4 is 10.6 Å². The van der Waals surface area contributed by atoms with E-state index in [1.165, 1.54) is 7.11 Å². The maximum absolute atomic E-state index is 11.7. The summed E-state index contributed by atoms with van der Waals surface area (Å²) >= 11 is 0. The quantitative estimate of drug-likeness (QED) is 0.369. The monoisotopic (exact) mass is 477 g/mol. The Kier molecular flexibility index (Phi) is 5.62. The van der Waals surface area contributed by atoms with Crippen LogP contribution in [0.2, 0.25) is 0 Å². The smallest absolute Gasteiger partial charge is 0.337 e. The number of aromatic nitrogens is 3. The number of hydrogen-bond acceptors (Lipinski definition) is 6. The average Bonchev–Trinajstić information content (AvgIpc) is 3.36. The van der Waals surface area contributed by atoms with Crippen molar-refractivity contribution in [1.29, 1.82) is 0 Å². The summed E-state index contributed by atoms with van der Waals surface area (Å²) in [6.07, 6.45) is 3.82. The minimum Gasteiger partial charge on any atom is -0.465 e. The van der Waals surface area contributed by atoms with Gasteiger partial charge in [-0.1, -0.05) is 30.3 Å². The Bertz CT molecular complexity index is 1570. The van der Waals surface area contributed by atoms with Gasteiger partial charge in [0.05, 0.1) is 34.9 Å². The molecule has 6 rings (SSSR count). The van der Waals surface area contributed by atoms with E-state index in [4.69, 9.17) is 15.5 Å². The number of imidazole rings is 1. The molecular weight excluding hydrogens is 450 g/mol. The number of carbonyl (C=O) groups is 1. The van der Waals surface area contributed by atoms with Gasteiger partial charge in [0.15, 0.2) is 0 Å². The van der Waals surface area contributed by atoms with Crippen LogP contribution in [0.4, 0.5) is 5.69 Å².